The molecule has 1 aromatic heterocycles. The van der Waals surface area contributed by atoms with E-state index in [0.29, 0.717) is 0 Å². The summed E-state index contributed by atoms with van der Waals surface area (Å²) in [6.45, 7) is 0. The summed E-state index contributed by atoms with van der Waals surface area (Å²) in [6, 6.07) is 77.5. The molecule has 0 saturated carbocycles. The molecular weight excluding hydrogens is 691 g/mol. The highest BCUT2D eigenvalue weighted by Crippen LogP contribution is 2.64. The number of rotatable bonds is 5. The van der Waals surface area contributed by atoms with Gasteiger partial charge in [0, 0.05) is 16.8 Å². The Hall–Kier alpha value is -7.42. The number of hydrogen-bond acceptors (Lipinski definition) is 2. The quantitative estimate of drug-likeness (QED) is 0.176. The second-order valence-corrected chi connectivity index (χ2v) is 15.2. The first-order valence-corrected chi connectivity index (χ1v) is 19.7. The normalized spacial score (nSPS) is 14.7. The van der Waals surface area contributed by atoms with Crippen LogP contribution in [0.3, 0.4) is 0 Å². The zero-order valence-electron chi connectivity index (χ0n) is 31.1. The lowest BCUT2D eigenvalue weighted by atomic mass is 9.70. The van der Waals surface area contributed by atoms with E-state index in [9.17, 15) is 0 Å². The zero-order valence-corrected chi connectivity index (χ0v) is 31.1. The Bertz CT molecular complexity index is 3160. The maximum absolute atomic E-state index is 6.48. The summed E-state index contributed by atoms with van der Waals surface area (Å²) in [5.41, 5.74) is 19.8. The van der Waals surface area contributed by atoms with Gasteiger partial charge in [0.2, 0.25) is 0 Å². The van der Waals surface area contributed by atoms with Gasteiger partial charge in [-0.05, 0) is 115 Å². The Morgan fingerprint density at radius 1 is 0.333 bits per heavy atom. The smallest absolute Gasteiger partial charge is 0.137 e. The lowest BCUT2D eigenvalue weighted by Gasteiger charge is -2.32. The number of benzene rings is 9. The van der Waals surface area contributed by atoms with Crippen molar-refractivity contribution in [2.75, 3.05) is 4.90 Å². The first kappa shape index (κ1) is 31.9. The van der Waals surface area contributed by atoms with Crippen LogP contribution < -0.4 is 4.90 Å². The van der Waals surface area contributed by atoms with Crippen molar-refractivity contribution in [3.05, 3.63) is 235 Å². The van der Waals surface area contributed by atoms with Gasteiger partial charge in [-0.15, -0.1) is 0 Å². The van der Waals surface area contributed by atoms with Gasteiger partial charge in [-0.1, -0.05) is 164 Å². The minimum atomic E-state index is -0.504. The molecule has 10 aromatic rings. The molecule has 1 unspecified atom stereocenters. The minimum Gasteiger partial charge on any atom is -0.456 e. The summed E-state index contributed by atoms with van der Waals surface area (Å²) in [4.78, 5) is 2.43. The van der Waals surface area contributed by atoms with Crippen LogP contribution in [0.15, 0.2) is 217 Å². The summed E-state index contributed by atoms with van der Waals surface area (Å²) < 4.78 is 6.48. The fourth-order valence-electron chi connectivity index (χ4n) is 9.88. The number of para-hydroxylation sites is 1. The molecule has 0 bridgehead atoms. The summed E-state index contributed by atoms with van der Waals surface area (Å²) in [7, 11) is 0. The summed E-state index contributed by atoms with van der Waals surface area (Å²) in [5, 5.41) is 2.20. The molecule has 2 aliphatic carbocycles. The van der Waals surface area contributed by atoms with E-state index in [2.05, 4.69) is 211 Å². The van der Waals surface area contributed by atoms with E-state index < -0.39 is 5.41 Å². The van der Waals surface area contributed by atoms with Crippen LogP contribution in [0.4, 0.5) is 17.1 Å². The number of nitrogens with zero attached hydrogens (tertiary/aromatic N) is 1. The van der Waals surface area contributed by atoms with Gasteiger partial charge in [-0.2, -0.15) is 0 Å². The maximum atomic E-state index is 6.48. The number of hydrogen-bond donors (Lipinski definition) is 0. The third kappa shape index (κ3) is 4.59. The Kier molecular flexibility index (Phi) is 6.88. The molecule has 1 atom stereocenters. The van der Waals surface area contributed by atoms with Gasteiger partial charge in [-0.25, -0.2) is 0 Å². The van der Waals surface area contributed by atoms with Crippen LogP contribution >= 0.6 is 0 Å². The van der Waals surface area contributed by atoms with Gasteiger partial charge in [-0.3, -0.25) is 0 Å². The van der Waals surface area contributed by atoms with Crippen molar-refractivity contribution in [1.82, 2.24) is 0 Å². The molecule has 12 rings (SSSR count). The largest absolute Gasteiger partial charge is 0.456 e. The lowest BCUT2D eigenvalue weighted by Crippen LogP contribution is -2.26. The second kappa shape index (κ2) is 12.3. The maximum Gasteiger partial charge on any atom is 0.137 e. The van der Waals surface area contributed by atoms with E-state index in [0.717, 1.165) is 39.0 Å². The fraction of sp³-hybridized carbons (Fsp3) is 0.0182. The average Bonchev–Trinajstić information content (AvgIpc) is 3.91. The molecule has 1 heterocycles. The van der Waals surface area contributed by atoms with Crippen LogP contribution in [0.1, 0.15) is 22.3 Å². The predicted molar refractivity (Wildman–Crippen MR) is 236 cm³/mol. The highest BCUT2D eigenvalue weighted by Gasteiger charge is 2.52. The predicted octanol–water partition coefficient (Wildman–Crippen LogP) is 14.7. The average molecular weight is 726 g/mol. The van der Waals surface area contributed by atoms with Crippen molar-refractivity contribution >= 4 is 39.0 Å². The van der Waals surface area contributed by atoms with Crippen molar-refractivity contribution in [3.63, 3.8) is 0 Å². The molecule has 2 aliphatic rings. The van der Waals surface area contributed by atoms with Gasteiger partial charge in [0.15, 0.2) is 0 Å². The Morgan fingerprint density at radius 3 is 1.56 bits per heavy atom. The first-order valence-electron chi connectivity index (χ1n) is 19.7. The van der Waals surface area contributed by atoms with E-state index in [1.165, 1.54) is 66.8 Å². The molecular formula is C55H35NO. The third-order valence-electron chi connectivity index (χ3n) is 12.3. The van der Waals surface area contributed by atoms with Gasteiger partial charge >= 0.3 is 0 Å². The molecule has 2 nitrogen and oxygen atoms in total. The van der Waals surface area contributed by atoms with Crippen LogP contribution in [0.5, 0.6) is 0 Å². The summed E-state index contributed by atoms with van der Waals surface area (Å²) in [6.07, 6.45) is 0. The molecule has 0 radical (unpaired) electrons. The first-order chi connectivity index (χ1) is 28.3. The van der Waals surface area contributed by atoms with E-state index >= 15 is 0 Å². The molecule has 0 aliphatic heterocycles. The number of fused-ring (bicyclic) bond motifs is 13. The van der Waals surface area contributed by atoms with Crippen molar-refractivity contribution in [2.45, 2.75) is 5.41 Å². The monoisotopic (exact) mass is 725 g/mol. The van der Waals surface area contributed by atoms with Crippen molar-refractivity contribution in [3.8, 4) is 44.5 Å². The van der Waals surface area contributed by atoms with Gasteiger partial charge in [0.25, 0.3) is 0 Å². The van der Waals surface area contributed by atoms with Crippen LogP contribution in [-0.2, 0) is 5.41 Å². The molecule has 0 amide bonds. The highest BCUT2D eigenvalue weighted by molar-refractivity contribution is 6.13. The van der Waals surface area contributed by atoms with Gasteiger partial charge < -0.3 is 9.32 Å². The van der Waals surface area contributed by atoms with E-state index in [1.54, 1.807) is 0 Å². The standard InChI is InChI=1S/C55H35NO/c1-3-14-36(15-4-1)38-26-29-40(30-27-38)56(51-23-13-25-53-54(51)46-20-9-12-24-52(46)57-53)41-31-33-45-43-19-8-11-22-48(43)55(50(45)35-41)47-21-10-7-18-42(47)44-32-28-39(34-49(44)55)37-16-5-2-6-17-37/h1-35H. The second-order valence-electron chi connectivity index (χ2n) is 15.2. The van der Waals surface area contributed by atoms with Crippen LogP contribution in [-0.4, -0.2) is 0 Å². The minimum absolute atomic E-state index is 0.504. The van der Waals surface area contributed by atoms with Crippen molar-refractivity contribution in [1.29, 1.82) is 0 Å². The lowest BCUT2D eigenvalue weighted by molar-refractivity contribution is 0.669. The van der Waals surface area contributed by atoms with Crippen molar-refractivity contribution < 1.29 is 4.42 Å². The van der Waals surface area contributed by atoms with Gasteiger partial charge in [0.05, 0.1) is 16.5 Å². The van der Waals surface area contributed by atoms with Gasteiger partial charge in [0.1, 0.15) is 11.2 Å². The van der Waals surface area contributed by atoms with Crippen LogP contribution in [0.2, 0.25) is 0 Å². The zero-order chi connectivity index (χ0) is 37.5. The number of anilines is 3. The Morgan fingerprint density at radius 2 is 0.842 bits per heavy atom. The Balaban J connectivity index is 1.14. The van der Waals surface area contributed by atoms with E-state index in [4.69, 9.17) is 4.42 Å². The van der Waals surface area contributed by atoms with Crippen molar-refractivity contribution in [2.24, 2.45) is 0 Å². The molecule has 0 saturated heterocycles. The van der Waals surface area contributed by atoms with E-state index in [1.807, 2.05) is 6.07 Å². The third-order valence-corrected chi connectivity index (χ3v) is 12.3. The molecule has 2 heteroatoms. The van der Waals surface area contributed by atoms with E-state index in [-0.39, 0.29) is 0 Å². The molecule has 9 aromatic carbocycles. The molecule has 0 N–H and O–H groups in total. The molecule has 1 spiro atoms. The highest BCUT2D eigenvalue weighted by atomic mass is 16.3. The molecule has 266 valence electrons. The molecule has 0 fully saturated rings. The number of furan rings is 1. The summed E-state index contributed by atoms with van der Waals surface area (Å²) >= 11 is 0. The van der Waals surface area contributed by atoms with Crippen LogP contribution in [0.25, 0.3) is 66.4 Å². The molecule has 57 heavy (non-hydrogen) atoms. The topological polar surface area (TPSA) is 16.4 Å². The van der Waals surface area contributed by atoms with Crippen LogP contribution in [0, 0.1) is 0 Å². The summed E-state index contributed by atoms with van der Waals surface area (Å²) in [5.74, 6) is 0. The fourth-order valence-corrected chi connectivity index (χ4v) is 9.88. The SMILES string of the molecule is c1ccc(-c2ccc(N(c3ccc4c(c3)C3(c5ccccc5-c5ccc(-c6ccccc6)cc53)c3ccccc3-4)c3cccc4oc5ccccc5c34)cc2)cc1. The Labute approximate surface area is 331 Å².